The van der Waals surface area contributed by atoms with E-state index in [1.165, 1.54) is 11.4 Å². The highest BCUT2D eigenvalue weighted by molar-refractivity contribution is 5.62. The Balaban J connectivity index is 2.24. The molecule has 0 fully saturated rings. The highest BCUT2D eigenvalue weighted by Crippen LogP contribution is 2.22. The minimum atomic E-state index is 0.593. The lowest BCUT2D eigenvalue weighted by Crippen LogP contribution is -2.09. The summed E-state index contributed by atoms with van der Waals surface area (Å²) in [7, 11) is 2.06. The predicted octanol–water partition coefficient (Wildman–Crippen LogP) is 2.91. The Hall–Kier alpha value is -1.80. The van der Waals surface area contributed by atoms with Gasteiger partial charge >= 0.3 is 0 Å². The molecule has 2 rings (SSSR count). The van der Waals surface area contributed by atoms with Crippen LogP contribution in [0.4, 0.5) is 11.4 Å². The smallest absolute Gasteiger partial charge is 0.0408 e. The summed E-state index contributed by atoms with van der Waals surface area (Å²) < 4.78 is 0. The van der Waals surface area contributed by atoms with Crippen molar-refractivity contribution in [3.05, 3.63) is 60.2 Å². The van der Waals surface area contributed by atoms with Crippen molar-refractivity contribution in [3.63, 3.8) is 0 Å². The monoisotopic (exact) mass is 212 g/mol. The van der Waals surface area contributed by atoms with Gasteiger partial charge in [0, 0.05) is 25.0 Å². The molecule has 0 heterocycles. The molecule has 2 N–H and O–H groups in total. The molecular formula is C14H16N2. The van der Waals surface area contributed by atoms with Gasteiger partial charge in [0.1, 0.15) is 0 Å². The summed E-state index contributed by atoms with van der Waals surface area (Å²) >= 11 is 0. The van der Waals surface area contributed by atoms with Crippen LogP contribution in [0.15, 0.2) is 54.6 Å². The molecule has 2 nitrogen and oxygen atoms in total. The molecule has 0 aliphatic carbocycles. The largest absolute Gasteiger partial charge is 0.345 e. The maximum absolute atomic E-state index is 5.57. The van der Waals surface area contributed by atoms with E-state index < -0.39 is 0 Å². The Kier molecular flexibility index (Phi) is 3.22. The van der Waals surface area contributed by atoms with Crippen molar-refractivity contribution in [1.82, 2.24) is 0 Å². The van der Waals surface area contributed by atoms with Crippen LogP contribution < -0.4 is 10.6 Å². The average molecular weight is 212 g/mol. The third kappa shape index (κ3) is 2.23. The molecule has 0 aliphatic rings. The number of anilines is 2. The molecule has 0 bridgehead atoms. The molecule has 0 atom stereocenters. The van der Waals surface area contributed by atoms with E-state index in [0.717, 1.165) is 5.56 Å². The highest BCUT2D eigenvalue weighted by atomic mass is 15.1. The first-order valence-corrected chi connectivity index (χ1v) is 5.39. The third-order valence-corrected chi connectivity index (χ3v) is 2.70. The Bertz CT molecular complexity index is 434. The van der Waals surface area contributed by atoms with Crippen LogP contribution in [0.3, 0.4) is 0 Å². The molecule has 0 aromatic heterocycles. The fourth-order valence-electron chi connectivity index (χ4n) is 1.66. The molecule has 0 amide bonds. The van der Waals surface area contributed by atoms with Crippen LogP contribution in [-0.4, -0.2) is 7.05 Å². The summed E-state index contributed by atoms with van der Waals surface area (Å²) in [5, 5.41) is 0. The Morgan fingerprint density at radius 2 is 1.44 bits per heavy atom. The molecule has 2 heteroatoms. The maximum Gasteiger partial charge on any atom is 0.0408 e. The van der Waals surface area contributed by atoms with Crippen LogP contribution >= 0.6 is 0 Å². The van der Waals surface area contributed by atoms with Gasteiger partial charge in [-0.05, 0) is 29.8 Å². The molecule has 0 unspecified atom stereocenters. The minimum Gasteiger partial charge on any atom is -0.345 e. The number of nitrogens with two attached hydrogens (primary N) is 1. The molecule has 0 saturated carbocycles. The fraction of sp³-hybridized carbons (Fsp3) is 0.143. The van der Waals surface area contributed by atoms with Crippen molar-refractivity contribution in [2.45, 2.75) is 6.54 Å². The first kappa shape index (κ1) is 10.7. The zero-order valence-electron chi connectivity index (χ0n) is 9.43. The maximum atomic E-state index is 5.57. The van der Waals surface area contributed by atoms with Gasteiger partial charge in [-0.1, -0.05) is 30.3 Å². The number of hydrogen-bond acceptors (Lipinski definition) is 2. The fourth-order valence-corrected chi connectivity index (χ4v) is 1.66. The van der Waals surface area contributed by atoms with Crippen LogP contribution in [0.25, 0.3) is 0 Å². The van der Waals surface area contributed by atoms with E-state index in [1.807, 2.05) is 18.2 Å². The zero-order valence-corrected chi connectivity index (χ0v) is 9.43. The van der Waals surface area contributed by atoms with Gasteiger partial charge in [0.2, 0.25) is 0 Å². The normalized spacial score (nSPS) is 10.1. The summed E-state index contributed by atoms with van der Waals surface area (Å²) in [6, 6.07) is 18.6. The van der Waals surface area contributed by atoms with Gasteiger partial charge < -0.3 is 10.6 Å². The first-order valence-electron chi connectivity index (χ1n) is 5.39. The van der Waals surface area contributed by atoms with Gasteiger partial charge in [-0.25, -0.2) is 0 Å². The molecular weight excluding hydrogens is 196 g/mol. The summed E-state index contributed by atoms with van der Waals surface area (Å²) in [6.45, 7) is 0.593. The number of rotatable bonds is 3. The Morgan fingerprint density at radius 3 is 2.00 bits per heavy atom. The quantitative estimate of drug-likeness (QED) is 0.847. The van der Waals surface area contributed by atoms with Crippen LogP contribution in [0.1, 0.15) is 5.56 Å². The highest BCUT2D eigenvalue weighted by Gasteiger charge is 2.02. The van der Waals surface area contributed by atoms with E-state index in [2.05, 4.69) is 48.3 Å². The lowest BCUT2D eigenvalue weighted by molar-refractivity contribution is 1.07. The third-order valence-electron chi connectivity index (χ3n) is 2.70. The Morgan fingerprint density at radius 1 is 0.875 bits per heavy atom. The first-order chi connectivity index (χ1) is 7.81. The molecule has 16 heavy (non-hydrogen) atoms. The Labute approximate surface area is 96.3 Å². The summed E-state index contributed by atoms with van der Waals surface area (Å²) in [4.78, 5) is 2.15. The van der Waals surface area contributed by atoms with Gasteiger partial charge in [0.15, 0.2) is 0 Å². The molecule has 0 saturated heterocycles. The molecule has 2 aromatic carbocycles. The average Bonchev–Trinajstić information content (AvgIpc) is 2.39. The van der Waals surface area contributed by atoms with E-state index in [1.54, 1.807) is 0 Å². The minimum absolute atomic E-state index is 0.593. The van der Waals surface area contributed by atoms with E-state index in [0.29, 0.717) is 6.54 Å². The summed E-state index contributed by atoms with van der Waals surface area (Å²) in [5.74, 6) is 0. The standard InChI is InChI=1S/C14H16N2/c1-16(13-5-3-2-4-6-13)14-9-7-12(11-15)8-10-14/h2-10H,11,15H2,1H3. The number of benzene rings is 2. The molecule has 0 spiro atoms. The number of nitrogens with zero attached hydrogens (tertiary/aromatic N) is 1. The molecule has 2 aromatic rings. The van der Waals surface area contributed by atoms with Crippen LogP contribution in [0.5, 0.6) is 0 Å². The predicted molar refractivity (Wildman–Crippen MR) is 68.8 cm³/mol. The molecule has 0 radical (unpaired) electrons. The van der Waals surface area contributed by atoms with Gasteiger partial charge in [-0.2, -0.15) is 0 Å². The topological polar surface area (TPSA) is 29.3 Å². The summed E-state index contributed by atoms with van der Waals surface area (Å²) in [6.07, 6.45) is 0. The van der Waals surface area contributed by atoms with Crippen LogP contribution in [0.2, 0.25) is 0 Å². The van der Waals surface area contributed by atoms with Crippen molar-refractivity contribution < 1.29 is 0 Å². The van der Waals surface area contributed by atoms with Crippen molar-refractivity contribution >= 4 is 11.4 Å². The second-order valence-electron chi connectivity index (χ2n) is 3.77. The van der Waals surface area contributed by atoms with E-state index in [-0.39, 0.29) is 0 Å². The van der Waals surface area contributed by atoms with Crippen molar-refractivity contribution in [2.24, 2.45) is 5.73 Å². The second-order valence-corrected chi connectivity index (χ2v) is 3.77. The molecule has 0 aliphatic heterocycles. The van der Waals surface area contributed by atoms with E-state index in [9.17, 15) is 0 Å². The zero-order chi connectivity index (χ0) is 11.4. The lowest BCUT2D eigenvalue weighted by Gasteiger charge is -2.19. The second kappa shape index (κ2) is 4.81. The van der Waals surface area contributed by atoms with Gasteiger partial charge in [0.05, 0.1) is 0 Å². The van der Waals surface area contributed by atoms with Crippen LogP contribution in [-0.2, 0) is 6.54 Å². The van der Waals surface area contributed by atoms with Crippen molar-refractivity contribution in [1.29, 1.82) is 0 Å². The van der Waals surface area contributed by atoms with Crippen LogP contribution in [0, 0.1) is 0 Å². The lowest BCUT2D eigenvalue weighted by atomic mass is 10.2. The van der Waals surface area contributed by atoms with Gasteiger partial charge in [0.25, 0.3) is 0 Å². The van der Waals surface area contributed by atoms with E-state index in [4.69, 9.17) is 5.73 Å². The van der Waals surface area contributed by atoms with Gasteiger partial charge in [-0.3, -0.25) is 0 Å². The van der Waals surface area contributed by atoms with Crippen molar-refractivity contribution in [2.75, 3.05) is 11.9 Å². The van der Waals surface area contributed by atoms with E-state index >= 15 is 0 Å². The number of hydrogen-bond donors (Lipinski definition) is 1. The summed E-state index contributed by atoms with van der Waals surface area (Å²) in [5.41, 5.74) is 9.08. The number of para-hydroxylation sites is 1. The molecule has 82 valence electrons. The van der Waals surface area contributed by atoms with Gasteiger partial charge in [-0.15, -0.1) is 0 Å². The SMILES string of the molecule is CN(c1ccccc1)c1ccc(CN)cc1. The van der Waals surface area contributed by atoms with Crippen molar-refractivity contribution in [3.8, 4) is 0 Å².